The molecule has 3 N–H and O–H groups in total. The van der Waals surface area contributed by atoms with Gasteiger partial charge in [0.2, 0.25) is 0 Å². The molecule has 5 nitrogen and oxygen atoms in total. The van der Waals surface area contributed by atoms with E-state index in [1.54, 1.807) is 0 Å². The van der Waals surface area contributed by atoms with Crippen molar-refractivity contribution in [2.45, 2.75) is 71.5 Å². The summed E-state index contributed by atoms with van der Waals surface area (Å²) in [7, 11) is 0. The third-order valence-electron chi connectivity index (χ3n) is 6.16. The molecule has 10 heteroatoms. The summed E-state index contributed by atoms with van der Waals surface area (Å²) in [6.45, 7) is 4.35. The Morgan fingerprint density at radius 3 is 2.26 bits per heavy atom. The van der Waals surface area contributed by atoms with Crippen LogP contribution < -0.4 is 10.6 Å². The highest BCUT2D eigenvalue weighted by molar-refractivity contribution is 6.31. The smallest absolute Gasteiger partial charge is 0.384 e. The number of nitrogens with one attached hydrogen (secondary N) is 3. The number of carbonyl (C=O) groups is 1. The molecule has 0 saturated heterocycles. The molecular weight excluding hydrogens is 548 g/mol. The number of nitrogens with zero attached hydrogens (tertiary/aromatic N) is 1. The number of carbonyl (C=O) groups excluding carboxylic acids is 1. The summed E-state index contributed by atoms with van der Waals surface area (Å²) in [5.41, 5.74) is 3.55. The Morgan fingerprint density at radius 2 is 1.64 bits per heavy atom. The number of alkyl halides is 3. The van der Waals surface area contributed by atoms with E-state index in [4.69, 9.17) is 28.6 Å². The van der Waals surface area contributed by atoms with Crippen LogP contribution in [-0.2, 0) is 6.54 Å². The van der Waals surface area contributed by atoms with E-state index in [0.29, 0.717) is 28.6 Å². The molecule has 0 bridgehead atoms. The molecule has 2 aromatic carbocycles. The molecule has 2 amide bonds. The van der Waals surface area contributed by atoms with Crippen LogP contribution in [0.15, 0.2) is 59.8 Å². The van der Waals surface area contributed by atoms with Crippen molar-refractivity contribution in [2.24, 2.45) is 0 Å². The zero-order chi connectivity index (χ0) is 28.8. The van der Waals surface area contributed by atoms with Gasteiger partial charge in [-0.2, -0.15) is 13.2 Å². The molecule has 0 unspecified atom stereocenters. The Kier molecular flexibility index (Phi) is 13.7. The standard InChI is InChI=1S/C29H37Cl2F3N4O/c1-3-5-9-21(26(8-4-2)37-20-23-10-6-7-11-25(23)31)16-18-36-28(39)38(19-17-29(32,33)34)27(35)22-12-14-24(30)15-13-22/h6-7,10-15,35,37H,3-5,8-9,16-20H2,1-2H3,(H,36,39)/b26-21-,35-27?. The van der Waals surface area contributed by atoms with E-state index in [2.05, 4.69) is 24.5 Å². The van der Waals surface area contributed by atoms with E-state index in [0.717, 1.165) is 48.3 Å². The van der Waals surface area contributed by atoms with Gasteiger partial charge in [0.15, 0.2) is 0 Å². The van der Waals surface area contributed by atoms with Crippen molar-refractivity contribution in [1.82, 2.24) is 15.5 Å². The van der Waals surface area contributed by atoms with Crippen LogP contribution in [-0.4, -0.2) is 36.0 Å². The lowest BCUT2D eigenvalue weighted by Crippen LogP contribution is -2.45. The summed E-state index contributed by atoms with van der Waals surface area (Å²) in [4.78, 5) is 13.8. The Bertz CT molecular complexity index is 1100. The Hall–Kier alpha value is -2.71. The normalized spacial score (nSPS) is 12.1. The van der Waals surface area contributed by atoms with Crippen LogP contribution in [0.25, 0.3) is 0 Å². The van der Waals surface area contributed by atoms with Crippen molar-refractivity contribution in [3.8, 4) is 0 Å². The third-order valence-corrected chi connectivity index (χ3v) is 6.78. The number of amides is 2. The largest absolute Gasteiger partial charge is 0.390 e. The summed E-state index contributed by atoms with van der Waals surface area (Å²) >= 11 is 12.2. The summed E-state index contributed by atoms with van der Waals surface area (Å²) in [6.07, 6.45) is -0.561. The molecule has 214 valence electrons. The van der Waals surface area contributed by atoms with Crippen molar-refractivity contribution < 1.29 is 18.0 Å². The molecule has 0 heterocycles. The molecule has 0 aliphatic heterocycles. The number of hydrogen-bond donors (Lipinski definition) is 3. The van der Waals surface area contributed by atoms with E-state index < -0.39 is 25.2 Å². The van der Waals surface area contributed by atoms with Gasteiger partial charge in [0, 0.05) is 40.9 Å². The van der Waals surface area contributed by atoms with Gasteiger partial charge in [-0.3, -0.25) is 10.3 Å². The molecule has 0 fully saturated rings. The minimum Gasteiger partial charge on any atom is -0.384 e. The molecule has 2 aromatic rings. The van der Waals surface area contributed by atoms with E-state index >= 15 is 0 Å². The van der Waals surface area contributed by atoms with Gasteiger partial charge in [-0.25, -0.2) is 4.79 Å². The van der Waals surface area contributed by atoms with Crippen LogP contribution in [0.5, 0.6) is 0 Å². The number of halogens is 5. The van der Waals surface area contributed by atoms with E-state index in [9.17, 15) is 18.0 Å². The second kappa shape index (κ2) is 16.4. The topological polar surface area (TPSA) is 68.2 Å². The molecule has 39 heavy (non-hydrogen) atoms. The summed E-state index contributed by atoms with van der Waals surface area (Å²) < 4.78 is 39.0. The van der Waals surface area contributed by atoms with Crippen molar-refractivity contribution in [2.75, 3.05) is 13.1 Å². The van der Waals surface area contributed by atoms with Crippen LogP contribution in [0, 0.1) is 5.41 Å². The minimum absolute atomic E-state index is 0.231. The average molecular weight is 586 g/mol. The maximum atomic E-state index is 13.0. The molecule has 0 aromatic heterocycles. The van der Waals surface area contributed by atoms with Crippen molar-refractivity contribution in [1.29, 1.82) is 5.41 Å². The van der Waals surface area contributed by atoms with Gasteiger partial charge >= 0.3 is 12.2 Å². The fourth-order valence-corrected chi connectivity index (χ4v) is 4.36. The molecule has 0 aliphatic carbocycles. The zero-order valence-electron chi connectivity index (χ0n) is 22.4. The van der Waals surface area contributed by atoms with Crippen LogP contribution in [0.1, 0.15) is 69.9 Å². The number of unbranched alkanes of at least 4 members (excludes halogenated alkanes) is 1. The van der Waals surface area contributed by atoms with Crippen LogP contribution in [0.2, 0.25) is 10.0 Å². The first-order valence-electron chi connectivity index (χ1n) is 13.2. The van der Waals surface area contributed by atoms with Crippen molar-refractivity contribution >= 4 is 35.1 Å². The SMILES string of the molecule is CCCC/C(CCNC(=O)N(CCC(F)(F)F)C(=N)c1ccc(Cl)cc1)=C(\CCC)NCc1ccccc1Cl. The number of benzene rings is 2. The van der Waals surface area contributed by atoms with Crippen LogP contribution >= 0.6 is 23.2 Å². The molecule has 0 radical (unpaired) electrons. The molecular formula is C29H37Cl2F3N4O. The number of rotatable bonds is 14. The number of hydrogen-bond acceptors (Lipinski definition) is 3. The Balaban J connectivity index is 2.15. The number of amidine groups is 1. The fourth-order valence-electron chi connectivity index (χ4n) is 4.03. The molecule has 0 saturated carbocycles. The predicted octanol–water partition coefficient (Wildman–Crippen LogP) is 8.71. The van der Waals surface area contributed by atoms with Gasteiger partial charge in [-0.1, -0.05) is 68.1 Å². The Morgan fingerprint density at radius 1 is 0.949 bits per heavy atom. The number of urea groups is 1. The average Bonchev–Trinajstić information content (AvgIpc) is 2.89. The monoisotopic (exact) mass is 584 g/mol. The minimum atomic E-state index is -4.46. The second-order valence-electron chi connectivity index (χ2n) is 9.23. The lowest BCUT2D eigenvalue weighted by molar-refractivity contribution is -0.135. The van der Waals surface area contributed by atoms with Gasteiger partial charge < -0.3 is 10.6 Å². The van der Waals surface area contributed by atoms with E-state index in [1.807, 2.05) is 24.3 Å². The molecule has 0 aliphatic rings. The quantitative estimate of drug-likeness (QED) is 0.153. The molecule has 0 atom stereocenters. The van der Waals surface area contributed by atoms with Crippen LogP contribution in [0.4, 0.5) is 18.0 Å². The molecule has 2 rings (SSSR count). The van der Waals surface area contributed by atoms with Gasteiger partial charge in [-0.15, -0.1) is 0 Å². The number of allylic oxidation sites excluding steroid dienone is 1. The summed E-state index contributed by atoms with van der Waals surface area (Å²) in [5, 5.41) is 15.8. The van der Waals surface area contributed by atoms with Crippen molar-refractivity contribution in [3.05, 3.63) is 81.0 Å². The highest BCUT2D eigenvalue weighted by Gasteiger charge is 2.30. The summed E-state index contributed by atoms with van der Waals surface area (Å²) in [5.74, 6) is -0.316. The van der Waals surface area contributed by atoms with Gasteiger partial charge in [-0.05, 0) is 67.2 Å². The maximum Gasteiger partial charge on any atom is 0.390 e. The summed E-state index contributed by atoms with van der Waals surface area (Å²) in [6, 6.07) is 13.0. The third kappa shape index (κ3) is 11.5. The lowest BCUT2D eigenvalue weighted by Gasteiger charge is -2.25. The lowest BCUT2D eigenvalue weighted by atomic mass is 10.0. The Labute approximate surface area is 239 Å². The first kappa shape index (κ1) is 32.5. The molecule has 0 spiro atoms. The highest BCUT2D eigenvalue weighted by Crippen LogP contribution is 2.22. The van der Waals surface area contributed by atoms with Gasteiger partial charge in [0.05, 0.1) is 6.42 Å². The van der Waals surface area contributed by atoms with Crippen molar-refractivity contribution in [3.63, 3.8) is 0 Å². The van der Waals surface area contributed by atoms with Gasteiger partial charge in [0.1, 0.15) is 5.84 Å². The van der Waals surface area contributed by atoms with Crippen LogP contribution in [0.3, 0.4) is 0 Å². The van der Waals surface area contributed by atoms with Gasteiger partial charge in [0.25, 0.3) is 0 Å². The van der Waals surface area contributed by atoms with E-state index in [1.165, 1.54) is 29.8 Å². The fraction of sp³-hybridized carbons (Fsp3) is 0.448. The second-order valence-corrected chi connectivity index (χ2v) is 10.1. The first-order valence-corrected chi connectivity index (χ1v) is 14.0. The predicted molar refractivity (Wildman–Crippen MR) is 153 cm³/mol. The van der Waals surface area contributed by atoms with E-state index in [-0.39, 0.29) is 12.4 Å². The zero-order valence-corrected chi connectivity index (χ0v) is 23.9. The maximum absolute atomic E-state index is 13.0. The first-order chi connectivity index (χ1) is 18.6. The highest BCUT2D eigenvalue weighted by atomic mass is 35.5.